The molecule has 0 bridgehead atoms. The highest BCUT2D eigenvalue weighted by Gasteiger charge is 2.32. The van der Waals surface area contributed by atoms with Gasteiger partial charge in [0.1, 0.15) is 18.1 Å². The minimum Gasteiger partial charge on any atom is -0.471 e. The number of fused-ring (bicyclic) bond motifs is 1. The van der Waals surface area contributed by atoms with E-state index in [4.69, 9.17) is 4.74 Å². The van der Waals surface area contributed by atoms with Crippen LogP contribution in [0.15, 0.2) is 53.6 Å². The molecular formula is C20H21FN4O3S. The number of sulfonamides is 1. The summed E-state index contributed by atoms with van der Waals surface area (Å²) in [4.78, 5) is 4.22. The third-order valence-electron chi connectivity index (χ3n) is 4.93. The van der Waals surface area contributed by atoms with E-state index in [1.54, 1.807) is 18.3 Å². The number of aromatic nitrogens is 3. The fourth-order valence-corrected chi connectivity index (χ4v) is 4.86. The number of benzene rings is 1. The first kappa shape index (κ1) is 19.5. The number of aryl methyl sites for hydroxylation is 1. The van der Waals surface area contributed by atoms with Gasteiger partial charge in [0.05, 0.1) is 4.90 Å². The summed E-state index contributed by atoms with van der Waals surface area (Å²) >= 11 is 0. The van der Waals surface area contributed by atoms with Crippen molar-refractivity contribution < 1.29 is 17.5 Å². The summed E-state index contributed by atoms with van der Waals surface area (Å²) in [5, 5.41) is 4.62. The first-order chi connectivity index (χ1) is 14.0. The Morgan fingerprint density at radius 2 is 1.97 bits per heavy atom. The molecule has 0 saturated heterocycles. The predicted molar refractivity (Wildman–Crippen MR) is 104 cm³/mol. The van der Waals surface area contributed by atoms with Crippen LogP contribution < -0.4 is 4.74 Å². The summed E-state index contributed by atoms with van der Waals surface area (Å²) < 4.78 is 48.3. The molecular weight excluding hydrogens is 395 g/mol. The number of hydrogen-bond acceptors (Lipinski definition) is 5. The lowest BCUT2D eigenvalue weighted by atomic mass is 10.1. The molecule has 2 aromatic heterocycles. The fourth-order valence-electron chi connectivity index (χ4n) is 3.45. The van der Waals surface area contributed by atoms with E-state index in [1.165, 1.54) is 16.4 Å². The van der Waals surface area contributed by atoms with Gasteiger partial charge in [-0.05, 0) is 37.3 Å². The molecule has 7 nitrogen and oxygen atoms in total. The minimum atomic E-state index is -3.73. The van der Waals surface area contributed by atoms with Gasteiger partial charge in [-0.3, -0.25) is 4.68 Å². The first-order valence-corrected chi connectivity index (χ1v) is 10.8. The second-order valence-electron chi connectivity index (χ2n) is 6.69. The second kappa shape index (κ2) is 7.92. The summed E-state index contributed by atoms with van der Waals surface area (Å²) in [6.45, 7) is 3.45. The Bertz CT molecular complexity index is 1100. The van der Waals surface area contributed by atoms with Crippen LogP contribution in [0, 0.1) is 5.82 Å². The molecule has 3 aromatic rings. The zero-order valence-corrected chi connectivity index (χ0v) is 16.8. The van der Waals surface area contributed by atoms with Crippen molar-refractivity contribution in [2.75, 3.05) is 6.54 Å². The Balaban J connectivity index is 1.60. The number of hydrogen-bond donors (Lipinski definition) is 0. The zero-order chi connectivity index (χ0) is 20.4. The van der Waals surface area contributed by atoms with Gasteiger partial charge in [-0.25, -0.2) is 17.8 Å². The molecule has 4 rings (SSSR count). The summed E-state index contributed by atoms with van der Waals surface area (Å²) in [6, 6.07) is 10.3. The van der Waals surface area contributed by atoms with E-state index in [-0.39, 0.29) is 18.0 Å². The summed E-state index contributed by atoms with van der Waals surface area (Å²) in [6.07, 6.45) is 2.20. The first-order valence-electron chi connectivity index (χ1n) is 9.36. The normalized spacial score (nSPS) is 14.6. The van der Waals surface area contributed by atoms with Crippen LogP contribution >= 0.6 is 0 Å². The summed E-state index contributed by atoms with van der Waals surface area (Å²) in [7, 11) is -3.73. The van der Waals surface area contributed by atoms with E-state index < -0.39 is 15.8 Å². The van der Waals surface area contributed by atoms with Gasteiger partial charge in [0.2, 0.25) is 15.9 Å². The van der Waals surface area contributed by atoms with Gasteiger partial charge < -0.3 is 4.74 Å². The molecule has 1 aliphatic rings. The smallest absolute Gasteiger partial charge is 0.243 e. The van der Waals surface area contributed by atoms with Gasteiger partial charge in [-0.1, -0.05) is 6.07 Å². The Morgan fingerprint density at radius 3 is 2.66 bits per heavy atom. The highest BCUT2D eigenvalue weighted by Crippen LogP contribution is 2.28. The van der Waals surface area contributed by atoms with E-state index in [2.05, 4.69) is 10.1 Å². The van der Waals surface area contributed by atoms with Crippen molar-refractivity contribution in [2.24, 2.45) is 0 Å². The molecule has 0 unspecified atom stereocenters. The van der Waals surface area contributed by atoms with Gasteiger partial charge in [-0.2, -0.15) is 9.40 Å². The Hall–Kier alpha value is -2.78. The maximum absolute atomic E-state index is 13.2. The molecule has 9 heteroatoms. The maximum atomic E-state index is 13.2. The maximum Gasteiger partial charge on any atom is 0.243 e. The van der Waals surface area contributed by atoms with E-state index in [0.717, 1.165) is 23.4 Å². The van der Waals surface area contributed by atoms with E-state index in [9.17, 15) is 12.8 Å². The minimum absolute atomic E-state index is 0.0801. The molecule has 0 aliphatic carbocycles. The van der Waals surface area contributed by atoms with Crippen LogP contribution in [0.5, 0.6) is 5.88 Å². The highest BCUT2D eigenvalue weighted by atomic mass is 32.2. The molecule has 3 heterocycles. The fraction of sp³-hybridized carbons (Fsp3) is 0.300. The number of halogens is 1. The lowest BCUT2D eigenvalue weighted by Crippen LogP contribution is -2.36. The quantitative estimate of drug-likeness (QED) is 0.618. The van der Waals surface area contributed by atoms with Crippen LogP contribution in [0.3, 0.4) is 0 Å². The molecule has 29 heavy (non-hydrogen) atoms. The topological polar surface area (TPSA) is 77.3 Å². The van der Waals surface area contributed by atoms with Crippen molar-refractivity contribution in [3.8, 4) is 5.88 Å². The van der Waals surface area contributed by atoms with Crippen LogP contribution in [-0.4, -0.2) is 34.0 Å². The van der Waals surface area contributed by atoms with Crippen LogP contribution in [0.2, 0.25) is 0 Å². The molecule has 0 N–H and O–H groups in total. The molecule has 0 spiro atoms. The highest BCUT2D eigenvalue weighted by molar-refractivity contribution is 7.89. The molecule has 1 aliphatic heterocycles. The average Bonchev–Trinajstić information content (AvgIpc) is 3.10. The van der Waals surface area contributed by atoms with Crippen molar-refractivity contribution in [1.29, 1.82) is 0 Å². The Labute approximate surface area is 168 Å². The van der Waals surface area contributed by atoms with Crippen molar-refractivity contribution in [1.82, 2.24) is 19.1 Å². The summed E-state index contributed by atoms with van der Waals surface area (Å²) in [5.74, 6) is 0.0157. The Kier molecular flexibility index (Phi) is 5.33. The van der Waals surface area contributed by atoms with Crippen LogP contribution in [-0.2, 0) is 36.1 Å². The number of rotatable bonds is 6. The monoisotopic (exact) mass is 416 g/mol. The third-order valence-corrected chi connectivity index (χ3v) is 6.79. The lowest BCUT2D eigenvalue weighted by Gasteiger charge is -2.27. The molecule has 0 fully saturated rings. The van der Waals surface area contributed by atoms with Gasteiger partial charge in [0, 0.05) is 49.6 Å². The predicted octanol–water partition coefficient (Wildman–Crippen LogP) is 2.76. The molecule has 152 valence electrons. The van der Waals surface area contributed by atoms with E-state index in [1.807, 2.05) is 17.7 Å². The number of pyridine rings is 1. The lowest BCUT2D eigenvalue weighted by molar-refractivity contribution is 0.285. The largest absolute Gasteiger partial charge is 0.471 e. The van der Waals surface area contributed by atoms with Crippen molar-refractivity contribution in [2.45, 2.75) is 37.9 Å². The Morgan fingerprint density at radius 1 is 1.17 bits per heavy atom. The van der Waals surface area contributed by atoms with Crippen LogP contribution in [0.4, 0.5) is 4.39 Å². The molecule has 1 aromatic carbocycles. The van der Waals surface area contributed by atoms with Gasteiger partial charge in [-0.15, -0.1) is 0 Å². The van der Waals surface area contributed by atoms with Gasteiger partial charge >= 0.3 is 0 Å². The molecule has 0 amide bonds. The SMILES string of the molecule is CCn1nc(COc2ccccn2)c2c1CCN(S(=O)(=O)c1ccc(F)cc1)C2. The average molecular weight is 416 g/mol. The summed E-state index contributed by atoms with van der Waals surface area (Å²) in [5.41, 5.74) is 2.59. The number of ether oxygens (including phenoxy) is 1. The van der Waals surface area contributed by atoms with Crippen molar-refractivity contribution in [3.05, 3.63) is 71.4 Å². The standard InChI is InChI=1S/C20H21FN4O3S/c1-2-25-19-10-12-24(29(26,27)16-8-6-15(21)7-9-16)13-17(19)18(23-25)14-28-20-5-3-4-11-22-20/h3-9,11H,2,10,12-14H2,1H3. The van der Waals surface area contributed by atoms with E-state index in [0.29, 0.717) is 31.1 Å². The number of nitrogens with zero attached hydrogens (tertiary/aromatic N) is 4. The molecule has 0 radical (unpaired) electrons. The zero-order valence-electron chi connectivity index (χ0n) is 16.0. The molecule has 0 atom stereocenters. The van der Waals surface area contributed by atoms with Gasteiger partial charge in [0.25, 0.3) is 0 Å². The van der Waals surface area contributed by atoms with E-state index >= 15 is 0 Å². The van der Waals surface area contributed by atoms with Crippen molar-refractivity contribution >= 4 is 10.0 Å². The third kappa shape index (κ3) is 3.88. The van der Waals surface area contributed by atoms with Crippen LogP contribution in [0.25, 0.3) is 0 Å². The molecule has 0 saturated carbocycles. The van der Waals surface area contributed by atoms with Crippen LogP contribution in [0.1, 0.15) is 23.9 Å². The van der Waals surface area contributed by atoms with Crippen molar-refractivity contribution in [3.63, 3.8) is 0 Å². The van der Waals surface area contributed by atoms with Gasteiger partial charge in [0.15, 0.2) is 0 Å². The second-order valence-corrected chi connectivity index (χ2v) is 8.62.